The lowest BCUT2D eigenvalue weighted by Gasteiger charge is -2.11. The molecular formula is C22H22N6O2S. The quantitative estimate of drug-likeness (QED) is 0.451. The van der Waals surface area contributed by atoms with Crippen LogP contribution in [0.15, 0.2) is 58.5 Å². The molecule has 8 nitrogen and oxygen atoms in total. The molecule has 0 aliphatic carbocycles. The van der Waals surface area contributed by atoms with Crippen LogP contribution in [0.2, 0.25) is 0 Å². The van der Waals surface area contributed by atoms with Gasteiger partial charge in [-0.1, -0.05) is 42.1 Å². The van der Waals surface area contributed by atoms with Crippen molar-refractivity contribution in [3.05, 3.63) is 76.1 Å². The third kappa shape index (κ3) is 4.51. The van der Waals surface area contributed by atoms with Gasteiger partial charge in [-0.2, -0.15) is 0 Å². The zero-order chi connectivity index (χ0) is 22.0. The molecule has 4 aromatic rings. The van der Waals surface area contributed by atoms with Crippen LogP contribution in [0.3, 0.4) is 0 Å². The van der Waals surface area contributed by atoms with Gasteiger partial charge in [0.1, 0.15) is 11.6 Å². The minimum atomic E-state index is -0.167. The SMILES string of the molecule is Cc1ccccc1NC(=O)Cc1nnc(S[C@@H](C)c2nc3ccccc3c(=O)[nH]2)n1C. The number of aromatic amines is 1. The maximum atomic E-state index is 12.5. The fourth-order valence-electron chi connectivity index (χ4n) is 3.16. The monoisotopic (exact) mass is 434 g/mol. The molecule has 0 fully saturated rings. The average molecular weight is 435 g/mol. The first-order chi connectivity index (χ1) is 14.9. The van der Waals surface area contributed by atoms with Crippen LogP contribution in [0.5, 0.6) is 0 Å². The molecule has 4 rings (SSSR count). The van der Waals surface area contributed by atoms with Gasteiger partial charge in [0.15, 0.2) is 5.16 Å². The molecule has 0 aliphatic rings. The number of nitrogens with zero attached hydrogens (tertiary/aromatic N) is 4. The summed E-state index contributed by atoms with van der Waals surface area (Å²) < 4.78 is 1.79. The number of benzene rings is 2. The van der Waals surface area contributed by atoms with E-state index in [1.54, 1.807) is 10.6 Å². The topological polar surface area (TPSA) is 106 Å². The summed E-state index contributed by atoms with van der Waals surface area (Å²) in [5.41, 5.74) is 2.26. The van der Waals surface area contributed by atoms with Gasteiger partial charge in [0.05, 0.1) is 22.6 Å². The first kappa shape index (κ1) is 20.8. The summed E-state index contributed by atoms with van der Waals surface area (Å²) in [5, 5.41) is 12.3. The molecule has 0 spiro atoms. The van der Waals surface area contributed by atoms with Gasteiger partial charge < -0.3 is 14.9 Å². The highest BCUT2D eigenvalue weighted by Gasteiger charge is 2.18. The van der Waals surface area contributed by atoms with E-state index in [-0.39, 0.29) is 23.1 Å². The van der Waals surface area contributed by atoms with Crippen molar-refractivity contribution in [3.8, 4) is 0 Å². The van der Waals surface area contributed by atoms with Crippen LogP contribution in [-0.4, -0.2) is 30.6 Å². The number of para-hydroxylation sites is 2. The Balaban J connectivity index is 1.47. The zero-order valence-electron chi connectivity index (χ0n) is 17.4. The number of carbonyl (C=O) groups excluding carboxylic acids is 1. The number of amides is 1. The smallest absolute Gasteiger partial charge is 0.258 e. The molecule has 0 bridgehead atoms. The molecule has 0 saturated carbocycles. The van der Waals surface area contributed by atoms with E-state index < -0.39 is 0 Å². The Morgan fingerprint density at radius 3 is 2.71 bits per heavy atom. The maximum absolute atomic E-state index is 12.5. The molecule has 1 atom stereocenters. The molecule has 1 amide bonds. The van der Waals surface area contributed by atoms with Gasteiger partial charge in [-0.05, 0) is 37.6 Å². The van der Waals surface area contributed by atoms with E-state index in [0.717, 1.165) is 11.3 Å². The molecule has 9 heteroatoms. The Kier molecular flexibility index (Phi) is 5.85. The molecule has 2 heterocycles. The predicted octanol–water partition coefficient (Wildman–Crippen LogP) is 3.39. The van der Waals surface area contributed by atoms with Crippen LogP contribution >= 0.6 is 11.8 Å². The van der Waals surface area contributed by atoms with Crippen molar-refractivity contribution in [2.75, 3.05) is 5.32 Å². The van der Waals surface area contributed by atoms with Crippen LogP contribution in [-0.2, 0) is 18.3 Å². The van der Waals surface area contributed by atoms with Crippen molar-refractivity contribution in [2.45, 2.75) is 30.7 Å². The lowest BCUT2D eigenvalue weighted by atomic mass is 10.2. The summed E-state index contributed by atoms with van der Waals surface area (Å²) in [6.07, 6.45) is 0.109. The highest BCUT2D eigenvalue weighted by atomic mass is 32.2. The summed E-state index contributed by atoms with van der Waals surface area (Å²) in [6.45, 7) is 3.89. The van der Waals surface area contributed by atoms with Gasteiger partial charge in [0.2, 0.25) is 5.91 Å². The molecule has 0 saturated heterocycles. The third-order valence-electron chi connectivity index (χ3n) is 4.96. The number of rotatable bonds is 6. The van der Waals surface area contributed by atoms with Crippen LogP contribution in [0.4, 0.5) is 5.69 Å². The van der Waals surface area contributed by atoms with E-state index in [9.17, 15) is 9.59 Å². The molecular weight excluding hydrogens is 412 g/mol. The zero-order valence-corrected chi connectivity index (χ0v) is 18.2. The van der Waals surface area contributed by atoms with E-state index in [0.29, 0.717) is 27.7 Å². The standard InChI is InChI=1S/C22H22N6O2S/c1-13-8-4-6-10-16(13)23-19(29)12-18-26-27-22(28(18)3)31-14(2)20-24-17-11-7-5-9-15(17)21(30)25-20/h4-11,14H,12H2,1-3H3,(H,23,29)(H,24,25,30)/t14-/m0/s1. The van der Waals surface area contributed by atoms with Crippen LogP contribution < -0.4 is 10.9 Å². The van der Waals surface area contributed by atoms with Crippen molar-refractivity contribution < 1.29 is 4.79 Å². The first-order valence-corrected chi connectivity index (χ1v) is 10.7. The third-order valence-corrected chi connectivity index (χ3v) is 6.10. The second-order valence-electron chi connectivity index (χ2n) is 7.23. The summed E-state index contributed by atoms with van der Waals surface area (Å²) in [4.78, 5) is 32.2. The van der Waals surface area contributed by atoms with Gasteiger partial charge in [-0.3, -0.25) is 9.59 Å². The normalized spacial score (nSPS) is 12.1. The number of H-pyrrole nitrogens is 1. The number of nitrogens with one attached hydrogen (secondary N) is 2. The molecule has 2 N–H and O–H groups in total. The molecule has 0 aliphatic heterocycles. The highest BCUT2D eigenvalue weighted by molar-refractivity contribution is 7.99. The van der Waals surface area contributed by atoms with E-state index in [1.807, 2.05) is 63.4 Å². The lowest BCUT2D eigenvalue weighted by Crippen LogP contribution is -2.17. The van der Waals surface area contributed by atoms with E-state index >= 15 is 0 Å². The molecule has 2 aromatic carbocycles. The number of anilines is 1. The van der Waals surface area contributed by atoms with Gasteiger partial charge in [-0.15, -0.1) is 10.2 Å². The number of aromatic nitrogens is 5. The fraction of sp³-hybridized carbons (Fsp3) is 0.227. The van der Waals surface area contributed by atoms with Crippen molar-refractivity contribution in [1.82, 2.24) is 24.7 Å². The van der Waals surface area contributed by atoms with E-state index in [2.05, 4.69) is 25.5 Å². The molecule has 158 valence electrons. The Morgan fingerprint density at radius 1 is 1.16 bits per heavy atom. The average Bonchev–Trinajstić information content (AvgIpc) is 3.09. The molecule has 31 heavy (non-hydrogen) atoms. The van der Waals surface area contributed by atoms with E-state index in [1.165, 1.54) is 11.8 Å². The number of hydrogen-bond donors (Lipinski definition) is 2. The minimum Gasteiger partial charge on any atom is -0.325 e. The van der Waals surface area contributed by atoms with Gasteiger partial charge in [-0.25, -0.2) is 4.98 Å². The number of hydrogen-bond acceptors (Lipinski definition) is 6. The fourth-order valence-corrected chi connectivity index (χ4v) is 4.05. The lowest BCUT2D eigenvalue weighted by molar-refractivity contribution is -0.115. The number of carbonyl (C=O) groups is 1. The van der Waals surface area contributed by atoms with Crippen LogP contribution in [0.1, 0.15) is 29.4 Å². The summed E-state index contributed by atoms with van der Waals surface area (Å²) in [5.74, 6) is 0.964. The second kappa shape index (κ2) is 8.73. The molecule has 0 radical (unpaired) electrons. The minimum absolute atomic E-state index is 0.109. The Bertz CT molecular complexity index is 1310. The summed E-state index contributed by atoms with van der Waals surface area (Å²) in [7, 11) is 1.82. The largest absolute Gasteiger partial charge is 0.325 e. The van der Waals surface area contributed by atoms with E-state index in [4.69, 9.17) is 0 Å². The predicted molar refractivity (Wildman–Crippen MR) is 121 cm³/mol. The van der Waals surface area contributed by atoms with Crippen molar-refractivity contribution in [3.63, 3.8) is 0 Å². The summed E-state index contributed by atoms with van der Waals surface area (Å²) >= 11 is 1.42. The first-order valence-electron chi connectivity index (χ1n) is 9.81. The highest BCUT2D eigenvalue weighted by Crippen LogP contribution is 2.31. The van der Waals surface area contributed by atoms with Crippen molar-refractivity contribution >= 4 is 34.3 Å². The van der Waals surface area contributed by atoms with Crippen molar-refractivity contribution in [1.29, 1.82) is 0 Å². The van der Waals surface area contributed by atoms with Crippen LogP contribution in [0.25, 0.3) is 10.9 Å². The number of aryl methyl sites for hydroxylation is 1. The van der Waals surface area contributed by atoms with Gasteiger partial charge >= 0.3 is 0 Å². The van der Waals surface area contributed by atoms with Gasteiger partial charge in [0.25, 0.3) is 5.56 Å². The second-order valence-corrected chi connectivity index (χ2v) is 8.53. The Labute approximate surface area is 183 Å². The maximum Gasteiger partial charge on any atom is 0.258 e. The van der Waals surface area contributed by atoms with Crippen LogP contribution in [0, 0.1) is 6.92 Å². The molecule has 0 unspecified atom stereocenters. The van der Waals surface area contributed by atoms with Crippen molar-refractivity contribution in [2.24, 2.45) is 7.05 Å². The Morgan fingerprint density at radius 2 is 1.90 bits per heavy atom. The number of fused-ring (bicyclic) bond motifs is 1. The number of thioether (sulfide) groups is 1. The van der Waals surface area contributed by atoms with Gasteiger partial charge in [0, 0.05) is 12.7 Å². The summed E-state index contributed by atoms with van der Waals surface area (Å²) in [6, 6.07) is 14.9. The molecule has 2 aromatic heterocycles. The Hall–Kier alpha value is -3.46.